The number of aromatic nitrogens is 1. The molecule has 3 rings (SSSR count). The van der Waals surface area contributed by atoms with E-state index in [4.69, 9.17) is 0 Å². The van der Waals surface area contributed by atoms with Crippen LogP contribution < -0.4 is 5.32 Å². The number of hydrogen-bond acceptors (Lipinski definition) is 2. The van der Waals surface area contributed by atoms with E-state index in [-0.39, 0.29) is 17.9 Å². The van der Waals surface area contributed by atoms with Crippen LogP contribution in [0.15, 0.2) is 12.1 Å². The van der Waals surface area contributed by atoms with Gasteiger partial charge in [0.1, 0.15) is 5.69 Å². The lowest BCUT2D eigenvalue weighted by Crippen LogP contribution is -2.55. The number of nitrogens with one attached hydrogen (secondary N) is 1. The van der Waals surface area contributed by atoms with E-state index in [0.29, 0.717) is 12.3 Å². The average Bonchev–Trinajstić information content (AvgIpc) is 2.77. The van der Waals surface area contributed by atoms with Gasteiger partial charge in [0.25, 0.3) is 5.91 Å². The van der Waals surface area contributed by atoms with E-state index in [2.05, 4.69) is 5.32 Å². The smallest absolute Gasteiger partial charge is 0.270 e. The SMILES string of the molecule is Cc1ccc(C(=O)N2CCC3NC(=O)CCC3C2)n1C. The first-order valence-corrected chi connectivity index (χ1v) is 7.27. The van der Waals surface area contributed by atoms with Crippen LogP contribution in [0.1, 0.15) is 35.4 Å². The summed E-state index contributed by atoms with van der Waals surface area (Å²) in [4.78, 5) is 25.9. The summed E-state index contributed by atoms with van der Waals surface area (Å²) in [5.74, 6) is 0.673. The maximum Gasteiger partial charge on any atom is 0.270 e. The van der Waals surface area contributed by atoms with E-state index in [1.54, 1.807) is 0 Å². The van der Waals surface area contributed by atoms with Crippen molar-refractivity contribution >= 4 is 11.8 Å². The first kappa shape index (κ1) is 13.2. The lowest BCUT2D eigenvalue weighted by atomic mass is 9.85. The molecular weight excluding hydrogens is 254 g/mol. The van der Waals surface area contributed by atoms with Crippen LogP contribution in [0.25, 0.3) is 0 Å². The number of likely N-dealkylation sites (tertiary alicyclic amines) is 1. The van der Waals surface area contributed by atoms with Crippen molar-refractivity contribution < 1.29 is 9.59 Å². The van der Waals surface area contributed by atoms with Gasteiger partial charge in [-0.2, -0.15) is 0 Å². The van der Waals surface area contributed by atoms with Crippen LogP contribution in [0.5, 0.6) is 0 Å². The number of rotatable bonds is 1. The molecule has 0 bridgehead atoms. The number of aryl methyl sites for hydroxylation is 1. The van der Waals surface area contributed by atoms with Crippen LogP contribution in [0.4, 0.5) is 0 Å². The number of carbonyl (C=O) groups excluding carboxylic acids is 2. The topological polar surface area (TPSA) is 54.3 Å². The lowest BCUT2D eigenvalue weighted by molar-refractivity contribution is -0.125. The van der Waals surface area contributed by atoms with Gasteiger partial charge in [-0.05, 0) is 37.8 Å². The Morgan fingerprint density at radius 2 is 2.15 bits per heavy atom. The zero-order valence-corrected chi connectivity index (χ0v) is 12.1. The van der Waals surface area contributed by atoms with Crippen molar-refractivity contribution in [2.75, 3.05) is 13.1 Å². The Hall–Kier alpha value is -1.78. The van der Waals surface area contributed by atoms with Crippen molar-refractivity contribution in [3.05, 3.63) is 23.5 Å². The third kappa shape index (κ3) is 2.21. The highest BCUT2D eigenvalue weighted by Crippen LogP contribution is 2.26. The van der Waals surface area contributed by atoms with Gasteiger partial charge < -0.3 is 14.8 Å². The van der Waals surface area contributed by atoms with Crippen LogP contribution in [-0.2, 0) is 11.8 Å². The van der Waals surface area contributed by atoms with Crippen molar-refractivity contribution in [1.29, 1.82) is 0 Å². The third-order valence-corrected chi connectivity index (χ3v) is 4.70. The summed E-state index contributed by atoms with van der Waals surface area (Å²) >= 11 is 0. The molecule has 2 aliphatic rings. The summed E-state index contributed by atoms with van der Waals surface area (Å²) in [6.07, 6.45) is 2.35. The molecule has 0 aromatic carbocycles. The minimum absolute atomic E-state index is 0.107. The Morgan fingerprint density at radius 3 is 2.85 bits per heavy atom. The van der Waals surface area contributed by atoms with Gasteiger partial charge in [0.2, 0.25) is 5.91 Å². The second kappa shape index (κ2) is 4.96. The Bertz CT molecular complexity index is 549. The molecule has 0 spiro atoms. The molecular formula is C15H21N3O2. The third-order valence-electron chi connectivity index (χ3n) is 4.70. The van der Waals surface area contributed by atoms with Gasteiger partial charge in [0.15, 0.2) is 0 Å². The van der Waals surface area contributed by atoms with Crippen LogP contribution in [0.2, 0.25) is 0 Å². The predicted octanol–water partition coefficient (Wildman–Crippen LogP) is 1.07. The number of fused-ring (bicyclic) bond motifs is 1. The fourth-order valence-corrected chi connectivity index (χ4v) is 3.28. The second-order valence-corrected chi connectivity index (χ2v) is 5.93. The fourth-order valence-electron chi connectivity index (χ4n) is 3.28. The molecule has 1 N–H and O–H groups in total. The minimum atomic E-state index is 0.107. The fraction of sp³-hybridized carbons (Fsp3) is 0.600. The van der Waals surface area contributed by atoms with Crippen LogP contribution in [0.3, 0.4) is 0 Å². The zero-order chi connectivity index (χ0) is 14.3. The molecule has 2 atom stereocenters. The largest absolute Gasteiger partial charge is 0.353 e. The van der Waals surface area contributed by atoms with Crippen molar-refractivity contribution in [3.8, 4) is 0 Å². The summed E-state index contributed by atoms with van der Waals surface area (Å²) < 4.78 is 1.94. The molecule has 0 aliphatic carbocycles. The number of hydrogen-bond donors (Lipinski definition) is 1. The summed E-state index contributed by atoms with van der Waals surface area (Å²) in [6.45, 7) is 3.48. The normalized spacial score (nSPS) is 26.1. The number of piperidine rings is 2. The van der Waals surface area contributed by atoms with Crippen LogP contribution in [0, 0.1) is 12.8 Å². The van der Waals surface area contributed by atoms with Crippen LogP contribution in [-0.4, -0.2) is 40.4 Å². The molecule has 3 heterocycles. The highest BCUT2D eigenvalue weighted by Gasteiger charge is 2.35. The Labute approximate surface area is 118 Å². The monoisotopic (exact) mass is 275 g/mol. The summed E-state index contributed by atoms with van der Waals surface area (Å²) in [5.41, 5.74) is 1.84. The maximum atomic E-state index is 12.6. The van der Waals surface area contributed by atoms with Crippen molar-refractivity contribution in [2.24, 2.45) is 13.0 Å². The maximum absolute atomic E-state index is 12.6. The summed E-state index contributed by atoms with van der Waals surface area (Å²) in [5, 5.41) is 3.05. The van der Waals surface area contributed by atoms with Gasteiger partial charge in [-0.15, -0.1) is 0 Å². The quantitative estimate of drug-likeness (QED) is 0.833. The number of amides is 2. The average molecular weight is 275 g/mol. The van der Waals surface area contributed by atoms with Gasteiger partial charge in [-0.1, -0.05) is 0 Å². The van der Waals surface area contributed by atoms with Crippen LogP contribution >= 0.6 is 0 Å². The molecule has 5 heteroatoms. The van der Waals surface area contributed by atoms with E-state index in [9.17, 15) is 9.59 Å². The Kier molecular flexibility index (Phi) is 3.28. The van der Waals surface area contributed by atoms with Gasteiger partial charge in [-0.25, -0.2) is 0 Å². The molecule has 2 aliphatic heterocycles. The standard InChI is InChI=1S/C15H21N3O2/c1-10-3-5-13(17(10)2)15(20)18-8-7-12-11(9-18)4-6-14(19)16-12/h3,5,11-12H,4,6-9H2,1-2H3,(H,16,19). The molecule has 0 saturated carbocycles. The first-order chi connectivity index (χ1) is 9.56. The highest BCUT2D eigenvalue weighted by atomic mass is 16.2. The van der Waals surface area contributed by atoms with Crippen molar-refractivity contribution in [2.45, 2.75) is 32.2 Å². The van der Waals surface area contributed by atoms with Gasteiger partial charge in [-0.3, -0.25) is 9.59 Å². The first-order valence-electron chi connectivity index (χ1n) is 7.27. The molecule has 1 aromatic rings. The number of nitrogens with zero attached hydrogens (tertiary/aromatic N) is 2. The Balaban J connectivity index is 1.72. The number of carbonyl (C=O) groups is 2. The predicted molar refractivity (Wildman–Crippen MR) is 75.3 cm³/mol. The molecule has 2 unspecified atom stereocenters. The van der Waals surface area contributed by atoms with E-state index in [1.807, 2.05) is 35.6 Å². The lowest BCUT2D eigenvalue weighted by Gasteiger charge is -2.41. The molecule has 0 radical (unpaired) electrons. The van der Waals surface area contributed by atoms with Gasteiger partial charge >= 0.3 is 0 Å². The molecule has 2 fully saturated rings. The van der Waals surface area contributed by atoms with Crippen molar-refractivity contribution in [1.82, 2.24) is 14.8 Å². The second-order valence-electron chi connectivity index (χ2n) is 5.93. The zero-order valence-electron chi connectivity index (χ0n) is 12.1. The molecule has 108 valence electrons. The van der Waals surface area contributed by atoms with E-state index in [1.165, 1.54) is 0 Å². The van der Waals surface area contributed by atoms with E-state index < -0.39 is 0 Å². The molecule has 5 nitrogen and oxygen atoms in total. The Morgan fingerprint density at radius 1 is 1.35 bits per heavy atom. The highest BCUT2D eigenvalue weighted by molar-refractivity contribution is 5.93. The molecule has 2 amide bonds. The minimum Gasteiger partial charge on any atom is -0.353 e. The molecule has 1 aromatic heterocycles. The van der Waals surface area contributed by atoms with Crippen molar-refractivity contribution in [3.63, 3.8) is 0 Å². The van der Waals surface area contributed by atoms with E-state index >= 15 is 0 Å². The molecule has 20 heavy (non-hydrogen) atoms. The molecule has 2 saturated heterocycles. The van der Waals surface area contributed by atoms with Gasteiger partial charge in [0.05, 0.1) is 0 Å². The summed E-state index contributed by atoms with van der Waals surface area (Å²) in [6, 6.07) is 4.13. The van der Waals surface area contributed by atoms with E-state index in [0.717, 1.165) is 37.3 Å². The van der Waals surface area contributed by atoms with Gasteiger partial charge in [0, 0.05) is 38.3 Å². The summed E-state index contributed by atoms with van der Waals surface area (Å²) in [7, 11) is 1.93.